The van der Waals surface area contributed by atoms with Crippen molar-refractivity contribution >= 4 is 14.5 Å². The number of unbranched alkanes of at least 4 members (excludes halogenated alkanes) is 2. The summed E-state index contributed by atoms with van der Waals surface area (Å²) in [5.41, 5.74) is 0. The van der Waals surface area contributed by atoms with Crippen molar-refractivity contribution in [2.75, 3.05) is 6.61 Å². The fourth-order valence-corrected chi connectivity index (χ4v) is 1.31. The van der Waals surface area contributed by atoms with Gasteiger partial charge in [-0.15, -0.1) is 0 Å². The Morgan fingerprint density at radius 2 is 1.89 bits per heavy atom. The fraction of sp³-hybridized carbons (Fsp3) is 1.00. The molecule has 2 heteroatoms. The Labute approximate surface area is 63.1 Å². The van der Waals surface area contributed by atoms with E-state index in [9.17, 15) is 0 Å². The van der Waals surface area contributed by atoms with E-state index in [2.05, 4.69) is 18.5 Å². The van der Waals surface area contributed by atoms with Gasteiger partial charge in [0.2, 0.25) is 0 Å². The first-order valence-corrected chi connectivity index (χ1v) is 6.67. The molecule has 0 aromatic carbocycles. The van der Waals surface area contributed by atoms with Crippen LogP contribution in [0.1, 0.15) is 26.2 Å². The number of hydrogen-bond acceptors (Lipinski definition) is 1. The summed E-state index contributed by atoms with van der Waals surface area (Å²) in [5, 5.41) is 0. The number of hydrogen-bond donors (Lipinski definition) is 0. The van der Waals surface area contributed by atoms with E-state index < -0.39 is 14.5 Å². The Morgan fingerprint density at radius 1 is 1.22 bits per heavy atom. The van der Waals surface area contributed by atoms with E-state index in [4.69, 9.17) is 3.79 Å². The van der Waals surface area contributed by atoms with Crippen molar-refractivity contribution in [3.63, 3.8) is 0 Å². The van der Waals surface area contributed by atoms with Crippen LogP contribution in [0.2, 0.25) is 11.6 Å². The van der Waals surface area contributed by atoms with E-state index in [1.54, 1.807) is 0 Å². The Morgan fingerprint density at radius 3 is 2.33 bits per heavy atom. The van der Waals surface area contributed by atoms with Crippen LogP contribution in [-0.2, 0) is 3.79 Å². The molecule has 0 heterocycles. The Balaban J connectivity index is 2.75. The largest absolute Gasteiger partial charge is 0.501 e. The lowest BCUT2D eigenvalue weighted by Crippen LogP contribution is -2.08. The van der Waals surface area contributed by atoms with Crippen molar-refractivity contribution in [1.82, 2.24) is 0 Å². The highest BCUT2D eigenvalue weighted by molar-refractivity contribution is 6.48. The molecule has 0 saturated heterocycles. The van der Waals surface area contributed by atoms with Crippen LogP contribution >= 0.6 is 0 Å². The molecule has 0 N–H and O–H groups in total. The second kappa shape index (κ2) is 6.61. The molecule has 0 aliphatic rings. The van der Waals surface area contributed by atoms with E-state index >= 15 is 0 Å². The highest BCUT2D eigenvalue weighted by atomic mass is 27.2. The summed E-state index contributed by atoms with van der Waals surface area (Å²) in [6, 6.07) is 0. The van der Waals surface area contributed by atoms with Gasteiger partial charge >= 0.3 is 14.5 Å². The normalized spacial score (nSPS) is 9.67. The third kappa shape index (κ3) is 8.49. The van der Waals surface area contributed by atoms with Crippen molar-refractivity contribution in [3.05, 3.63) is 0 Å². The lowest BCUT2D eigenvalue weighted by molar-refractivity contribution is 0.314. The quantitative estimate of drug-likeness (QED) is 0.425. The maximum atomic E-state index is 5.48. The summed E-state index contributed by atoms with van der Waals surface area (Å²) in [6.07, 6.45) is 3.87. The summed E-state index contributed by atoms with van der Waals surface area (Å²) in [7, 11) is 0. The first kappa shape index (κ1) is 9.49. The van der Waals surface area contributed by atoms with Crippen LogP contribution < -0.4 is 0 Å². The molecule has 9 heavy (non-hydrogen) atoms. The van der Waals surface area contributed by atoms with Crippen molar-refractivity contribution in [2.45, 2.75) is 37.8 Å². The predicted molar refractivity (Wildman–Crippen MR) is 43.0 cm³/mol. The molecule has 0 spiro atoms. The molecule has 0 saturated carbocycles. The van der Waals surface area contributed by atoms with Crippen molar-refractivity contribution < 1.29 is 3.79 Å². The topological polar surface area (TPSA) is 9.23 Å². The number of rotatable bonds is 5. The SMILES string of the molecule is CCCCC[O][Al]([CH3])[CH3]. The van der Waals surface area contributed by atoms with E-state index in [0.29, 0.717) is 0 Å². The molecule has 54 valence electrons. The average Bonchev–Trinajstić information content (AvgIpc) is 1.80. The molecule has 0 aliphatic heterocycles. The molecule has 1 nitrogen and oxygen atoms in total. The average molecular weight is 144 g/mol. The van der Waals surface area contributed by atoms with Crippen LogP contribution in [0.25, 0.3) is 0 Å². The van der Waals surface area contributed by atoms with Gasteiger partial charge in [-0.1, -0.05) is 31.3 Å². The molecule has 0 fully saturated rings. The van der Waals surface area contributed by atoms with Crippen molar-refractivity contribution in [1.29, 1.82) is 0 Å². The van der Waals surface area contributed by atoms with E-state index in [1.165, 1.54) is 19.3 Å². The molecule has 0 aromatic heterocycles. The van der Waals surface area contributed by atoms with Crippen LogP contribution in [0.4, 0.5) is 0 Å². The van der Waals surface area contributed by atoms with Gasteiger partial charge in [-0.25, -0.2) is 0 Å². The van der Waals surface area contributed by atoms with Gasteiger partial charge in [0.1, 0.15) is 0 Å². The molecule has 0 amide bonds. The smallest absolute Gasteiger partial charge is 0.453 e. The second-order valence-electron chi connectivity index (χ2n) is 2.63. The van der Waals surface area contributed by atoms with E-state index in [0.717, 1.165) is 6.61 Å². The zero-order valence-corrected chi connectivity index (χ0v) is 7.97. The molecule has 0 bridgehead atoms. The van der Waals surface area contributed by atoms with Gasteiger partial charge in [-0.3, -0.25) is 0 Å². The minimum Gasteiger partial charge on any atom is -0.501 e. The molecule has 0 rings (SSSR count). The Kier molecular flexibility index (Phi) is 6.97. The van der Waals surface area contributed by atoms with Crippen LogP contribution in [0.5, 0.6) is 0 Å². The van der Waals surface area contributed by atoms with E-state index in [-0.39, 0.29) is 0 Å². The lowest BCUT2D eigenvalue weighted by atomic mass is 10.3. The first-order chi connectivity index (χ1) is 4.27. The second-order valence-corrected chi connectivity index (χ2v) is 5.06. The molecule has 0 aromatic rings. The maximum Gasteiger partial charge on any atom is 0.453 e. The van der Waals surface area contributed by atoms with Crippen molar-refractivity contribution in [3.8, 4) is 0 Å². The predicted octanol–water partition coefficient (Wildman–Crippen LogP) is 2.44. The van der Waals surface area contributed by atoms with Gasteiger partial charge in [-0.05, 0) is 6.42 Å². The van der Waals surface area contributed by atoms with Gasteiger partial charge in [-0.2, -0.15) is 0 Å². The lowest BCUT2D eigenvalue weighted by Gasteiger charge is -2.02. The van der Waals surface area contributed by atoms with E-state index in [1.807, 2.05) is 0 Å². The van der Waals surface area contributed by atoms with Crippen LogP contribution in [0.15, 0.2) is 0 Å². The Bertz CT molecular complexity index is 54.9. The zero-order valence-electron chi connectivity index (χ0n) is 6.81. The standard InChI is InChI=1S/C5H11O.2CH3.Al/c1-2-3-4-5-6;;;/h2-5H2,1H3;2*1H3;/q-1;;;+1. The van der Waals surface area contributed by atoms with Gasteiger partial charge < -0.3 is 3.79 Å². The summed E-state index contributed by atoms with van der Waals surface area (Å²) in [4.78, 5) is 0. The molecule has 0 atom stereocenters. The molecular weight excluding hydrogens is 127 g/mol. The minimum atomic E-state index is -0.713. The summed E-state index contributed by atoms with van der Waals surface area (Å²) in [5.74, 6) is 4.43. The third-order valence-corrected chi connectivity index (χ3v) is 2.10. The summed E-state index contributed by atoms with van der Waals surface area (Å²) >= 11 is -0.713. The monoisotopic (exact) mass is 144 g/mol. The first-order valence-electron chi connectivity index (χ1n) is 3.89. The minimum absolute atomic E-state index is 0.713. The van der Waals surface area contributed by atoms with Gasteiger partial charge in [0, 0.05) is 6.61 Å². The van der Waals surface area contributed by atoms with Crippen LogP contribution in [-0.4, -0.2) is 21.1 Å². The van der Waals surface area contributed by atoms with Gasteiger partial charge in [0.05, 0.1) is 0 Å². The maximum absolute atomic E-state index is 5.48. The van der Waals surface area contributed by atoms with Gasteiger partial charge in [0.25, 0.3) is 0 Å². The van der Waals surface area contributed by atoms with Crippen LogP contribution in [0.3, 0.4) is 0 Å². The zero-order chi connectivity index (χ0) is 7.11. The third-order valence-electron chi connectivity index (χ3n) is 1.20. The summed E-state index contributed by atoms with van der Waals surface area (Å²) in [6.45, 7) is 3.21. The summed E-state index contributed by atoms with van der Waals surface area (Å²) < 4.78 is 5.48. The molecule has 0 unspecified atom stereocenters. The Hall–Kier alpha value is 0.492. The molecular formula is C7H17AlO. The van der Waals surface area contributed by atoms with Gasteiger partial charge in [0.15, 0.2) is 0 Å². The molecule has 0 radical (unpaired) electrons. The highest BCUT2D eigenvalue weighted by Gasteiger charge is 2.01. The van der Waals surface area contributed by atoms with Crippen molar-refractivity contribution in [2.24, 2.45) is 0 Å². The molecule has 0 aliphatic carbocycles. The fourth-order valence-electron chi connectivity index (χ4n) is 0.671. The highest BCUT2D eigenvalue weighted by Crippen LogP contribution is 1.95. The van der Waals surface area contributed by atoms with Crippen LogP contribution in [0, 0.1) is 0 Å².